The first-order valence-corrected chi connectivity index (χ1v) is 9.52. The zero-order valence-electron chi connectivity index (χ0n) is 13.4. The molecule has 3 rings (SSSR count). The topological polar surface area (TPSA) is 69.7 Å². The molecular formula is C17H22O5S. The molecule has 2 saturated heterocycles. The first-order valence-electron chi connectivity index (χ1n) is 7.91. The van der Waals surface area contributed by atoms with Crippen molar-refractivity contribution in [3.8, 4) is 11.5 Å². The van der Waals surface area contributed by atoms with Crippen molar-refractivity contribution in [2.45, 2.75) is 42.6 Å². The van der Waals surface area contributed by atoms with Crippen molar-refractivity contribution in [3.05, 3.63) is 23.8 Å². The average molecular weight is 338 g/mol. The van der Waals surface area contributed by atoms with Crippen molar-refractivity contribution in [1.29, 1.82) is 0 Å². The molecule has 0 N–H and O–H groups in total. The Morgan fingerprint density at radius 2 is 1.57 bits per heavy atom. The van der Waals surface area contributed by atoms with Gasteiger partial charge in [0, 0.05) is 18.4 Å². The van der Waals surface area contributed by atoms with Crippen LogP contribution in [0.15, 0.2) is 18.2 Å². The van der Waals surface area contributed by atoms with Crippen molar-refractivity contribution in [1.82, 2.24) is 0 Å². The summed E-state index contributed by atoms with van der Waals surface area (Å²) in [6.07, 6.45) is 2.68. The number of carbonyl (C=O) groups excluding carboxylic acids is 1. The van der Waals surface area contributed by atoms with Crippen LogP contribution in [0.1, 0.15) is 31.2 Å². The minimum atomic E-state index is -2.98. The molecule has 5 nitrogen and oxygen atoms in total. The summed E-state index contributed by atoms with van der Waals surface area (Å²) in [5.41, 5.74) is 0.840. The second-order valence-electron chi connectivity index (χ2n) is 6.44. The molecular weight excluding hydrogens is 316 g/mol. The minimum absolute atomic E-state index is 0.118. The number of carbonyl (C=O) groups is 1. The highest BCUT2D eigenvalue weighted by Crippen LogP contribution is 2.41. The number of Topliss-reactive ketones (excluding diaryl/α,β-unsaturated/α-hetero) is 1. The second kappa shape index (κ2) is 6.15. The molecule has 2 aliphatic heterocycles. The van der Waals surface area contributed by atoms with E-state index in [-0.39, 0.29) is 28.6 Å². The lowest BCUT2D eigenvalue weighted by molar-refractivity contribution is -0.122. The fourth-order valence-corrected chi connectivity index (χ4v) is 6.26. The molecule has 0 saturated carbocycles. The maximum Gasteiger partial charge on any atom is 0.156 e. The Kier molecular flexibility index (Phi) is 4.36. The van der Waals surface area contributed by atoms with E-state index in [0.29, 0.717) is 37.2 Å². The molecule has 2 bridgehead atoms. The highest BCUT2D eigenvalue weighted by Gasteiger charge is 2.48. The second-order valence-corrected chi connectivity index (χ2v) is 8.95. The molecule has 2 atom stereocenters. The molecule has 23 heavy (non-hydrogen) atoms. The Morgan fingerprint density at radius 3 is 2.04 bits per heavy atom. The number of hydrogen-bond donors (Lipinski definition) is 0. The van der Waals surface area contributed by atoms with E-state index in [1.54, 1.807) is 20.3 Å². The average Bonchev–Trinajstić information content (AvgIpc) is 2.72. The fourth-order valence-electron chi connectivity index (χ4n) is 3.78. The van der Waals surface area contributed by atoms with Gasteiger partial charge in [-0.2, -0.15) is 0 Å². The number of fused-ring (bicyclic) bond motifs is 2. The van der Waals surface area contributed by atoms with Crippen molar-refractivity contribution in [3.63, 3.8) is 0 Å². The predicted molar refractivity (Wildman–Crippen MR) is 86.7 cm³/mol. The normalized spacial score (nSPS) is 28.3. The summed E-state index contributed by atoms with van der Waals surface area (Å²) in [4.78, 5) is 12.6. The van der Waals surface area contributed by atoms with Crippen LogP contribution < -0.4 is 9.47 Å². The highest BCUT2D eigenvalue weighted by atomic mass is 32.2. The van der Waals surface area contributed by atoms with Crippen molar-refractivity contribution in [2.75, 3.05) is 14.2 Å². The van der Waals surface area contributed by atoms with Crippen LogP contribution in [0.5, 0.6) is 11.5 Å². The smallest absolute Gasteiger partial charge is 0.156 e. The maximum absolute atomic E-state index is 12.6. The summed E-state index contributed by atoms with van der Waals surface area (Å²) in [7, 11) is 0.165. The monoisotopic (exact) mass is 338 g/mol. The number of hydrogen-bond acceptors (Lipinski definition) is 5. The van der Waals surface area contributed by atoms with E-state index in [9.17, 15) is 13.2 Å². The number of ether oxygens (including phenoxy) is 2. The number of sulfone groups is 1. The van der Waals surface area contributed by atoms with Crippen LogP contribution in [0, 0.1) is 5.92 Å². The molecule has 0 aliphatic carbocycles. The van der Waals surface area contributed by atoms with E-state index >= 15 is 0 Å². The van der Waals surface area contributed by atoms with Gasteiger partial charge in [-0.1, -0.05) is 0 Å². The standard InChI is InChI=1S/C17H22O5S/c1-21-13-5-11(6-14(10-13)22-2)7-17(18)12-8-15-3-4-16(9-12)23(15,19)20/h5-6,10,12,15-16H,3-4,7-9H2,1-2H3. The summed E-state index contributed by atoms with van der Waals surface area (Å²) in [5.74, 6) is 1.28. The molecule has 2 heterocycles. The fraction of sp³-hybridized carbons (Fsp3) is 0.588. The minimum Gasteiger partial charge on any atom is -0.497 e. The van der Waals surface area contributed by atoms with Crippen LogP contribution >= 0.6 is 0 Å². The molecule has 0 radical (unpaired) electrons. The Hall–Kier alpha value is -1.56. The third-order valence-electron chi connectivity index (χ3n) is 5.08. The third-order valence-corrected chi connectivity index (χ3v) is 7.79. The van der Waals surface area contributed by atoms with Gasteiger partial charge in [0.1, 0.15) is 17.3 Å². The van der Waals surface area contributed by atoms with Crippen LogP contribution in [0.2, 0.25) is 0 Å². The quantitative estimate of drug-likeness (QED) is 0.823. The number of rotatable bonds is 5. The van der Waals surface area contributed by atoms with E-state index in [2.05, 4.69) is 0 Å². The van der Waals surface area contributed by atoms with Crippen molar-refractivity contribution in [2.24, 2.45) is 5.92 Å². The number of benzene rings is 1. The Bertz CT molecular complexity index is 667. The van der Waals surface area contributed by atoms with Crippen LogP contribution in [0.3, 0.4) is 0 Å². The Labute approximate surface area is 136 Å². The molecule has 126 valence electrons. The summed E-state index contributed by atoms with van der Waals surface area (Å²) >= 11 is 0. The zero-order valence-corrected chi connectivity index (χ0v) is 14.3. The van der Waals surface area contributed by atoms with E-state index < -0.39 is 9.84 Å². The molecule has 2 fully saturated rings. The summed E-state index contributed by atoms with van der Waals surface area (Å²) in [6, 6.07) is 5.42. The van der Waals surface area contributed by atoms with Gasteiger partial charge in [-0.3, -0.25) is 4.79 Å². The van der Waals surface area contributed by atoms with Crippen LogP contribution in [0.25, 0.3) is 0 Å². The van der Waals surface area contributed by atoms with E-state index in [1.807, 2.05) is 12.1 Å². The van der Waals surface area contributed by atoms with Crippen molar-refractivity contribution < 1.29 is 22.7 Å². The first kappa shape index (κ1) is 16.3. The maximum atomic E-state index is 12.6. The van der Waals surface area contributed by atoms with Gasteiger partial charge in [-0.25, -0.2) is 8.42 Å². The van der Waals surface area contributed by atoms with Gasteiger partial charge in [-0.05, 0) is 43.4 Å². The molecule has 6 heteroatoms. The molecule has 1 aromatic rings. The lowest BCUT2D eigenvalue weighted by Gasteiger charge is -2.27. The first-order chi connectivity index (χ1) is 10.9. The molecule has 0 spiro atoms. The SMILES string of the molecule is COc1cc(CC(=O)C2CC3CCC(C2)S3(=O)=O)cc(OC)c1. The van der Waals surface area contributed by atoms with Gasteiger partial charge in [-0.15, -0.1) is 0 Å². The highest BCUT2D eigenvalue weighted by molar-refractivity contribution is 7.93. The van der Waals surface area contributed by atoms with Gasteiger partial charge in [0.2, 0.25) is 0 Å². The summed E-state index contributed by atoms with van der Waals surface area (Å²) < 4.78 is 34.7. The summed E-state index contributed by atoms with van der Waals surface area (Å²) in [5, 5.41) is -0.620. The van der Waals surface area contributed by atoms with Gasteiger partial charge in [0.05, 0.1) is 24.7 Å². The largest absolute Gasteiger partial charge is 0.497 e. The van der Waals surface area contributed by atoms with Crippen LogP contribution in [0.4, 0.5) is 0 Å². The predicted octanol–water partition coefficient (Wildman–Crippen LogP) is 2.17. The van der Waals surface area contributed by atoms with Gasteiger partial charge in [0.25, 0.3) is 0 Å². The van der Waals surface area contributed by atoms with Gasteiger partial charge in [0.15, 0.2) is 9.84 Å². The molecule has 2 aliphatic rings. The molecule has 0 amide bonds. The van der Waals surface area contributed by atoms with Crippen LogP contribution in [-0.2, 0) is 21.1 Å². The van der Waals surface area contributed by atoms with Gasteiger partial charge < -0.3 is 9.47 Å². The van der Waals surface area contributed by atoms with E-state index in [0.717, 1.165) is 5.56 Å². The molecule has 1 aromatic carbocycles. The third kappa shape index (κ3) is 3.09. The lowest BCUT2D eigenvalue weighted by atomic mass is 9.90. The Morgan fingerprint density at radius 1 is 1.04 bits per heavy atom. The van der Waals surface area contributed by atoms with E-state index in [1.165, 1.54) is 0 Å². The summed E-state index contributed by atoms with van der Waals surface area (Å²) in [6.45, 7) is 0. The van der Waals surface area contributed by atoms with Crippen LogP contribution in [-0.4, -0.2) is 38.9 Å². The molecule has 0 aromatic heterocycles. The van der Waals surface area contributed by atoms with E-state index in [4.69, 9.17) is 9.47 Å². The molecule has 2 unspecified atom stereocenters. The number of methoxy groups -OCH3 is 2. The Balaban J connectivity index is 1.73. The zero-order chi connectivity index (χ0) is 16.6. The lowest BCUT2D eigenvalue weighted by Crippen LogP contribution is -2.36. The van der Waals surface area contributed by atoms with Crippen molar-refractivity contribution >= 4 is 15.6 Å². The number of ketones is 1. The van der Waals surface area contributed by atoms with Gasteiger partial charge >= 0.3 is 0 Å².